The molecule has 0 aromatic heterocycles. The fraction of sp³-hybridized carbons (Fsp3) is 0.316. The van der Waals surface area contributed by atoms with Crippen molar-refractivity contribution in [1.82, 2.24) is 5.32 Å². The van der Waals surface area contributed by atoms with E-state index in [9.17, 15) is 9.18 Å². The third kappa shape index (κ3) is 3.59. The van der Waals surface area contributed by atoms with Gasteiger partial charge in [-0.05, 0) is 42.1 Å². The molecule has 0 saturated carbocycles. The van der Waals surface area contributed by atoms with E-state index in [1.165, 1.54) is 24.8 Å². The number of hydrogen-bond acceptors (Lipinski definition) is 3. The maximum atomic E-state index is 14.0. The van der Waals surface area contributed by atoms with E-state index in [4.69, 9.17) is 4.74 Å². The van der Waals surface area contributed by atoms with Gasteiger partial charge in [0.25, 0.3) is 0 Å². The molecule has 120 valence electrons. The van der Waals surface area contributed by atoms with Gasteiger partial charge in [-0.2, -0.15) is 0 Å². The normalized spacial score (nSPS) is 17.2. The number of rotatable bonds is 5. The molecule has 2 aromatic rings. The maximum Gasteiger partial charge on any atom is 0.170 e. The van der Waals surface area contributed by atoms with Gasteiger partial charge in [0.05, 0.1) is 12.7 Å². The minimum atomic E-state index is -0.539. The summed E-state index contributed by atoms with van der Waals surface area (Å²) in [5, 5.41) is 3.35. The van der Waals surface area contributed by atoms with Crippen LogP contribution < -0.4 is 10.1 Å². The Hall–Kier alpha value is -2.20. The lowest BCUT2D eigenvalue weighted by Crippen LogP contribution is -2.08. The van der Waals surface area contributed by atoms with Crippen molar-refractivity contribution in [2.45, 2.75) is 18.8 Å². The molecule has 0 radical (unpaired) electrons. The Labute approximate surface area is 135 Å². The number of halogens is 1. The molecule has 1 fully saturated rings. The molecule has 3 rings (SSSR count). The molecular weight excluding hydrogens is 293 g/mol. The van der Waals surface area contributed by atoms with Crippen molar-refractivity contribution in [3.8, 4) is 5.75 Å². The van der Waals surface area contributed by atoms with E-state index >= 15 is 0 Å². The van der Waals surface area contributed by atoms with Crippen LogP contribution in [0, 0.1) is 5.82 Å². The van der Waals surface area contributed by atoms with E-state index in [1.54, 1.807) is 6.07 Å². The average Bonchev–Trinajstić information content (AvgIpc) is 3.09. The predicted molar refractivity (Wildman–Crippen MR) is 87.7 cm³/mol. The molecule has 1 saturated heterocycles. The Morgan fingerprint density at radius 2 is 2.04 bits per heavy atom. The fourth-order valence-electron chi connectivity index (χ4n) is 2.98. The number of ketones is 1. The third-order valence-corrected chi connectivity index (χ3v) is 4.35. The second kappa shape index (κ2) is 6.92. The van der Waals surface area contributed by atoms with Crippen LogP contribution in [0.3, 0.4) is 0 Å². The average molecular weight is 313 g/mol. The van der Waals surface area contributed by atoms with Crippen LogP contribution in [-0.4, -0.2) is 26.0 Å². The van der Waals surface area contributed by atoms with Crippen molar-refractivity contribution in [2.24, 2.45) is 0 Å². The Morgan fingerprint density at radius 3 is 2.65 bits per heavy atom. The van der Waals surface area contributed by atoms with E-state index in [0.717, 1.165) is 25.1 Å². The number of carbonyl (C=O) groups is 1. The zero-order chi connectivity index (χ0) is 16.2. The monoisotopic (exact) mass is 313 g/mol. The van der Waals surface area contributed by atoms with Crippen molar-refractivity contribution in [2.75, 3.05) is 20.2 Å². The highest BCUT2D eigenvalue weighted by Crippen LogP contribution is 2.23. The predicted octanol–water partition coefficient (Wildman–Crippen LogP) is 3.34. The number of Topliss-reactive ketones (excluding diaryl/α,β-unsaturated/α-hetero) is 1. The highest BCUT2D eigenvalue weighted by atomic mass is 19.1. The smallest absolute Gasteiger partial charge is 0.170 e. The summed E-state index contributed by atoms with van der Waals surface area (Å²) in [7, 11) is 1.47. The first kappa shape index (κ1) is 15.7. The second-order valence-electron chi connectivity index (χ2n) is 5.88. The lowest BCUT2D eigenvalue weighted by molar-refractivity contribution is 0.0989. The fourth-order valence-corrected chi connectivity index (χ4v) is 2.98. The Balaban J connectivity index is 1.70. The van der Waals surface area contributed by atoms with Crippen LogP contribution >= 0.6 is 0 Å². The van der Waals surface area contributed by atoms with Gasteiger partial charge in [-0.3, -0.25) is 4.79 Å². The molecule has 3 nitrogen and oxygen atoms in total. The lowest BCUT2D eigenvalue weighted by Gasteiger charge is -2.10. The first-order chi connectivity index (χ1) is 11.2. The summed E-state index contributed by atoms with van der Waals surface area (Å²) in [5.41, 5.74) is 2.30. The van der Waals surface area contributed by atoms with Gasteiger partial charge in [0.1, 0.15) is 11.6 Å². The third-order valence-electron chi connectivity index (χ3n) is 4.35. The number of methoxy groups -OCH3 is 1. The second-order valence-corrected chi connectivity index (χ2v) is 5.88. The molecule has 1 aliphatic heterocycles. The van der Waals surface area contributed by atoms with Crippen molar-refractivity contribution >= 4 is 5.78 Å². The van der Waals surface area contributed by atoms with Gasteiger partial charge in [0.15, 0.2) is 5.78 Å². The highest BCUT2D eigenvalue weighted by Gasteiger charge is 2.17. The first-order valence-corrected chi connectivity index (χ1v) is 7.83. The summed E-state index contributed by atoms with van der Waals surface area (Å²) in [5.74, 6) is 0.204. The Kier molecular flexibility index (Phi) is 4.72. The molecule has 1 atom stereocenters. The van der Waals surface area contributed by atoms with Crippen LogP contribution in [0.4, 0.5) is 4.39 Å². The molecule has 0 spiro atoms. The lowest BCUT2D eigenvalue weighted by atomic mass is 9.95. The van der Waals surface area contributed by atoms with Crippen LogP contribution in [0.15, 0.2) is 42.5 Å². The van der Waals surface area contributed by atoms with Gasteiger partial charge in [0, 0.05) is 19.0 Å². The van der Waals surface area contributed by atoms with Crippen molar-refractivity contribution in [3.63, 3.8) is 0 Å². The molecule has 1 unspecified atom stereocenters. The van der Waals surface area contributed by atoms with Crippen LogP contribution in [0.25, 0.3) is 0 Å². The maximum absolute atomic E-state index is 14.0. The van der Waals surface area contributed by atoms with E-state index < -0.39 is 5.82 Å². The summed E-state index contributed by atoms with van der Waals surface area (Å²) < 4.78 is 18.9. The number of benzene rings is 2. The Bertz CT molecular complexity index is 691. The quantitative estimate of drug-likeness (QED) is 0.861. The summed E-state index contributed by atoms with van der Waals surface area (Å²) in [4.78, 5) is 12.3. The standard InChI is InChI=1S/C19H20FNO2/c1-23-16-6-7-17(18(20)11-16)19(22)10-13-2-4-14(5-3-13)15-8-9-21-12-15/h2-7,11,15,21H,8-10,12H2,1H3. The van der Waals surface area contributed by atoms with Gasteiger partial charge in [-0.25, -0.2) is 4.39 Å². The minimum absolute atomic E-state index is 0.106. The molecule has 1 aliphatic rings. The zero-order valence-corrected chi connectivity index (χ0v) is 13.1. The molecule has 0 amide bonds. The molecule has 23 heavy (non-hydrogen) atoms. The first-order valence-electron chi connectivity index (χ1n) is 7.83. The molecule has 2 aromatic carbocycles. The summed E-state index contributed by atoms with van der Waals surface area (Å²) in [6.45, 7) is 2.07. The largest absolute Gasteiger partial charge is 0.497 e. The summed E-state index contributed by atoms with van der Waals surface area (Å²) in [6, 6.07) is 12.4. The van der Waals surface area contributed by atoms with Gasteiger partial charge < -0.3 is 10.1 Å². The van der Waals surface area contributed by atoms with Crippen molar-refractivity contribution < 1.29 is 13.9 Å². The van der Waals surface area contributed by atoms with Crippen molar-refractivity contribution in [3.05, 3.63) is 65.0 Å². The van der Waals surface area contributed by atoms with Crippen molar-refractivity contribution in [1.29, 1.82) is 0 Å². The molecular formula is C19H20FNO2. The molecule has 1 heterocycles. The van der Waals surface area contributed by atoms with E-state index in [2.05, 4.69) is 17.4 Å². The van der Waals surface area contributed by atoms with Crippen LogP contribution in [0.5, 0.6) is 5.75 Å². The number of hydrogen-bond donors (Lipinski definition) is 1. The highest BCUT2D eigenvalue weighted by molar-refractivity contribution is 5.97. The van der Waals surface area contributed by atoms with Gasteiger partial charge in [-0.1, -0.05) is 24.3 Å². The van der Waals surface area contributed by atoms with Crippen LogP contribution in [0.2, 0.25) is 0 Å². The SMILES string of the molecule is COc1ccc(C(=O)Cc2ccc(C3CCNC3)cc2)c(F)c1. The summed E-state index contributed by atoms with van der Waals surface area (Å²) in [6.07, 6.45) is 1.35. The molecule has 0 aliphatic carbocycles. The Morgan fingerprint density at radius 1 is 1.26 bits per heavy atom. The van der Waals surface area contributed by atoms with Crippen LogP contribution in [-0.2, 0) is 6.42 Å². The van der Waals surface area contributed by atoms with Gasteiger partial charge in [-0.15, -0.1) is 0 Å². The van der Waals surface area contributed by atoms with E-state index in [0.29, 0.717) is 11.7 Å². The molecule has 0 bridgehead atoms. The summed E-state index contributed by atoms with van der Waals surface area (Å²) >= 11 is 0. The topological polar surface area (TPSA) is 38.3 Å². The van der Waals surface area contributed by atoms with Gasteiger partial charge in [0.2, 0.25) is 0 Å². The molecule has 1 N–H and O–H groups in total. The number of carbonyl (C=O) groups excluding carboxylic acids is 1. The van der Waals surface area contributed by atoms with E-state index in [1.807, 2.05) is 12.1 Å². The van der Waals surface area contributed by atoms with Gasteiger partial charge >= 0.3 is 0 Å². The minimum Gasteiger partial charge on any atom is -0.497 e. The zero-order valence-electron chi connectivity index (χ0n) is 13.1. The number of nitrogens with one attached hydrogen (secondary N) is 1. The van der Waals surface area contributed by atoms with Crippen LogP contribution in [0.1, 0.15) is 33.8 Å². The molecule has 4 heteroatoms. The van der Waals surface area contributed by atoms with E-state index in [-0.39, 0.29) is 17.8 Å². The number of ether oxygens (including phenoxy) is 1.